The number of ether oxygens (including phenoxy) is 1. The Morgan fingerprint density at radius 3 is 2.62 bits per heavy atom. The molecule has 3 N–H and O–H groups in total. The van der Waals surface area contributed by atoms with Gasteiger partial charge in [-0.15, -0.1) is 12.4 Å². The van der Waals surface area contributed by atoms with Crippen molar-refractivity contribution in [3.05, 3.63) is 28.8 Å². The SMILES string of the molecule is CCCC(N)C(=O)Nc1ccc(C(=O)N2CCOCC2)c(Cl)c1.Cl. The molecule has 2 amide bonds. The average Bonchev–Trinajstić information content (AvgIpc) is 2.55. The summed E-state index contributed by atoms with van der Waals surface area (Å²) >= 11 is 6.21. The van der Waals surface area contributed by atoms with Crippen molar-refractivity contribution in [3.8, 4) is 0 Å². The molecule has 0 bridgehead atoms. The topological polar surface area (TPSA) is 84.7 Å². The molecule has 1 atom stereocenters. The summed E-state index contributed by atoms with van der Waals surface area (Å²) in [5, 5.41) is 3.03. The second-order valence-corrected chi connectivity index (χ2v) is 5.89. The van der Waals surface area contributed by atoms with Crippen LogP contribution in [0.3, 0.4) is 0 Å². The van der Waals surface area contributed by atoms with Gasteiger partial charge in [-0.25, -0.2) is 0 Å². The van der Waals surface area contributed by atoms with Crippen LogP contribution in [0.15, 0.2) is 18.2 Å². The number of nitrogens with two attached hydrogens (primary N) is 1. The molecular weight excluding hydrogens is 353 g/mol. The molecule has 1 fully saturated rings. The van der Waals surface area contributed by atoms with Crippen LogP contribution in [0, 0.1) is 0 Å². The van der Waals surface area contributed by atoms with Gasteiger partial charge in [0.15, 0.2) is 0 Å². The van der Waals surface area contributed by atoms with E-state index in [9.17, 15) is 9.59 Å². The Balaban J connectivity index is 0.00000288. The van der Waals surface area contributed by atoms with Crippen LogP contribution >= 0.6 is 24.0 Å². The van der Waals surface area contributed by atoms with E-state index in [-0.39, 0.29) is 24.2 Å². The number of amides is 2. The molecule has 1 aliphatic rings. The van der Waals surface area contributed by atoms with Crippen molar-refractivity contribution in [3.63, 3.8) is 0 Å². The van der Waals surface area contributed by atoms with Gasteiger partial charge in [-0.1, -0.05) is 24.9 Å². The number of nitrogens with zero attached hydrogens (tertiary/aromatic N) is 1. The number of benzene rings is 1. The van der Waals surface area contributed by atoms with Crippen LogP contribution in [-0.2, 0) is 9.53 Å². The van der Waals surface area contributed by atoms with Crippen molar-refractivity contribution >= 4 is 41.5 Å². The zero-order valence-electron chi connectivity index (χ0n) is 13.6. The highest BCUT2D eigenvalue weighted by Crippen LogP contribution is 2.23. The van der Waals surface area contributed by atoms with Gasteiger partial charge in [0.25, 0.3) is 5.91 Å². The lowest BCUT2D eigenvalue weighted by atomic mass is 10.1. The monoisotopic (exact) mass is 375 g/mol. The molecule has 1 heterocycles. The molecular formula is C16H23Cl2N3O3. The lowest BCUT2D eigenvalue weighted by Gasteiger charge is -2.27. The first-order valence-corrected chi connectivity index (χ1v) is 8.13. The number of rotatable bonds is 5. The molecule has 8 heteroatoms. The summed E-state index contributed by atoms with van der Waals surface area (Å²) in [5.74, 6) is -0.381. The predicted octanol–water partition coefficient (Wildman–Crippen LogP) is 2.30. The molecule has 1 saturated heterocycles. The van der Waals surface area contributed by atoms with E-state index in [0.717, 1.165) is 6.42 Å². The maximum atomic E-state index is 12.4. The van der Waals surface area contributed by atoms with Crippen molar-refractivity contribution in [1.29, 1.82) is 0 Å². The van der Waals surface area contributed by atoms with E-state index in [1.165, 1.54) is 0 Å². The Morgan fingerprint density at radius 1 is 1.38 bits per heavy atom. The summed E-state index contributed by atoms with van der Waals surface area (Å²) < 4.78 is 5.23. The minimum atomic E-state index is -0.548. The highest BCUT2D eigenvalue weighted by Gasteiger charge is 2.21. The van der Waals surface area contributed by atoms with Gasteiger partial charge in [0, 0.05) is 18.8 Å². The zero-order chi connectivity index (χ0) is 16.8. The number of hydrogen-bond donors (Lipinski definition) is 2. The molecule has 24 heavy (non-hydrogen) atoms. The summed E-state index contributed by atoms with van der Waals surface area (Å²) in [4.78, 5) is 26.0. The average molecular weight is 376 g/mol. The summed E-state index contributed by atoms with van der Waals surface area (Å²) in [6.07, 6.45) is 1.45. The van der Waals surface area contributed by atoms with Crippen LogP contribution in [-0.4, -0.2) is 49.1 Å². The third kappa shape index (κ3) is 5.34. The van der Waals surface area contributed by atoms with Crippen molar-refractivity contribution in [2.75, 3.05) is 31.6 Å². The number of carbonyl (C=O) groups excluding carboxylic acids is 2. The van der Waals surface area contributed by atoms with Crippen molar-refractivity contribution in [1.82, 2.24) is 4.90 Å². The normalized spacial score (nSPS) is 15.4. The van der Waals surface area contributed by atoms with Crippen LogP contribution in [0.1, 0.15) is 30.1 Å². The smallest absolute Gasteiger partial charge is 0.255 e. The van der Waals surface area contributed by atoms with Crippen molar-refractivity contribution < 1.29 is 14.3 Å². The Hall–Kier alpha value is -1.34. The van der Waals surface area contributed by atoms with Crippen LogP contribution in [0.4, 0.5) is 5.69 Å². The summed E-state index contributed by atoms with van der Waals surface area (Å²) in [5.41, 5.74) is 6.72. The predicted molar refractivity (Wildman–Crippen MR) is 96.9 cm³/mol. The molecule has 0 aromatic heterocycles. The van der Waals surface area contributed by atoms with Gasteiger partial charge >= 0.3 is 0 Å². The number of nitrogens with one attached hydrogen (secondary N) is 1. The van der Waals surface area contributed by atoms with Crippen LogP contribution in [0.25, 0.3) is 0 Å². The maximum Gasteiger partial charge on any atom is 0.255 e. The van der Waals surface area contributed by atoms with Gasteiger partial charge in [0.2, 0.25) is 5.91 Å². The quantitative estimate of drug-likeness (QED) is 0.826. The molecule has 0 aliphatic carbocycles. The fourth-order valence-corrected chi connectivity index (χ4v) is 2.64. The van der Waals surface area contributed by atoms with Gasteiger partial charge in [-0.05, 0) is 24.6 Å². The van der Waals surface area contributed by atoms with Gasteiger partial charge in [0.1, 0.15) is 0 Å². The first-order chi connectivity index (χ1) is 11.0. The van der Waals surface area contributed by atoms with E-state index in [0.29, 0.717) is 49.0 Å². The lowest BCUT2D eigenvalue weighted by molar-refractivity contribution is -0.117. The summed E-state index contributed by atoms with van der Waals surface area (Å²) in [6, 6.07) is 4.32. The number of anilines is 1. The van der Waals surface area contributed by atoms with E-state index in [4.69, 9.17) is 22.1 Å². The van der Waals surface area contributed by atoms with E-state index < -0.39 is 6.04 Å². The fourth-order valence-electron chi connectivity index (χ4n) is 2.38. The van der Waals surface area contributed by atoms with E-state index in [1.807, 2.05) is 6.92 Å². The number of carbonyl (C=O) groups is 2. The number of halogens is 2. The number of hydrogen-bond acceptors (Lipinski definition) is 4. The molecule has 2 rings (SSSR count). The summed E-state index contributed by atoms with van der Waals surface area (Å²) in [6.45, 7) is 4.15. The highest BCUT2D eigenvalue weighted by atomic mass is 35.5. The minimum Gasteiger partial charge on any atom is -0.378 e. The van der Waals surface area contributed by atoms with Gasteiger partial charge < -0.3 is 20.7 Å². The van der Waals surface area contributed by atoms with Crippen molar-refractivity contribution in [2.24, 2.45) is 5.73 Å². The second kappa shape index (κ2) is 9.84. The molecule has 0 saturated carbocycles. The summed E-state index contributed by atoms with van der Waals surface area (Å²) in [7, 11) is 0. The molecule has 0 spiro atoms. The molecule has 1 unspecified atom stereocenters. The van der Waals surface area contributed by atoms with Crippen molar-refractivity contribution in [2.45, 2.75) is 25.8 Å². The molecule has 0 radical (unpaired) electrons. The van der Waals surface area contributed by atoms with E-state index in [1.54, 1.807) is 23.1 Å². The molecule has 1 aliphatic heterocycles. The van der Waals surface area contributed by atoms with Crippen LogP contribution < -0.4 is 11.1 Å². The largest absolute Gasteiger partial charge is 0.378 e. The fraction of sp³-hybridized carbons (Fsp3) is 0.500. The standard InChI is InChI=1S/C16H22ClN3O3.ClH/c1-2-3-14(18)15(21)19-11-4-5-12(13(17)10-11)16(22)20-6-8-23-9-7-20;/h4-5,10,14H,2-3,6-9,18H2,1H3,(H,19,21);1H. The van der Waals surface area contributed by atoms with Gasteiger partial charge in [-0.3, -0.25) is 9.59 Å². The Kier molecular flexibility index (Phi) is 8.48. The third-order valence-electron chi connectivity index (χ3n) is 3.70. The highest BCUT2D eigenvalue weighted by molar-refractivity contribution is 6.34. The van der Waals surface area contributed by atoms with Crippen LogP contribution in [0.5, 0.6) is 0 Å². The Morgan fingerprint density at radius 2 is 2.04 bits per heavy atom. The Labute approximate surface area is 153 Å². The molecule has 1 aromatic rings. The first-order valence-electron chi connectivity index (χ1n) is 7.76. The maximum absolute atomic E-state index is 12.4. The molecule has 134 valence electrons. The van der Waals surface area contributed by atoms with Gasteiger partial charge in [0.05, 0.1) is 29.8 Å². The van der Waals surface area contributed by atoms with E-state index >= 15 is 0 Å². The Bertz CT molecular complexity index is 578. The molecule has 1 aromatic carbocycles. The first kappa shape index (κ1) is 20.7. The lowest BCUT2D eigenvalue weighted by Crippen LogP contribution is -2.40. The third-order valence-corrected chi connectivity index (χ3v) is 4.01. The second-order valence-electron chi connectivity index (χ2n) is 5.48. The number of morpholine rings is 1. The molecule has 6 nitrogen and oxygen atoms in total. The van der Waals surface area contributed by atoms with E-state index in [2.05, 4.69) is 5.32 Å². The minimum absolute atomic E-state index is 0. The van der Waals surface area contributed by atoms with Gasteiger partial charge in [-0.2, -0.15) is 0 Å². The van der Waals surface area contributed by atoms with Crippen LogP contribution in [0.2, 0.25) is 5.02 Å². The zero-order valence-corrected chi connectivity index (χ0v) is 15.2.